The predicted octanol–water partition coefficient (Wildman–Crippen LogP) is 5.80. The number of aliphatic hydroxyl groups excluding tert-OH is 1. The average molecular weight is 506 g/mol. The van der Waals surface area contributed by atoms with Gasteiger partial charge in [-0.2, -0.15) is 0 Å². The van der Waals surface area contributed by atoms with Gasteiger partial charge in [-0.1, -0.05) is 54.4 Å². The fourth-order valence-electron chi connectivity index (χ4n) is 4.72. The van der Waals surface area contributed by atoms with Gasteiger partial charge in [0.25, 0.3) is 0 Å². The Kier molecular flexibility index (Phi) is 10.4. The van der Waals surface area contributed by atoms with Gasteiger partial charge in [-0.25, -0.2) is 4.98 Å². The van der Waals surface area contributed by atoms with E-state index in [4.69, 9.17) is 4.74 Å². The molecule has 6 nitrogen and oxygen atoms in total. The van der Waals surface area contributed by atoms with Gasteiger partial charge in [-0.3, -0.25) is 14.4 Å². The maximum atomic E-state index is 13.3. The van der Waals surface area contributed by atoms with Crippen molar-refractivity contribution in [3.63, 3.8) is 0 Å². The Morgan fingerprint density at radius 2 is 1.80 bits per heavy atom. The molecule has 0 aromatic carbocycles. The molecule has 1 unspecified atom stereocenters. The molecule has 2 heterocycles. The molecule has 1 aliphatic heterocycles. The first kappa shape index (κ1) is 29.4. The Hall–Kier alpha value is -1.86. The molecular formula is C28H43NO5S. The first-order valence-corrected chi connectivity index (χ1v) is 13.7. The number of esters is 1. The highest BCUT2D eigenvalue weighted by Gasteiger charge is 2.41. The third-order valence-corrected chi connectivity index (χ3v) is 8.75. The number of carbonyl (C=O) groups excluding carboxylic acids is 3. The monoisotopic (exact) mass is 505 g/mol. The Morgan fingerprint density at radius 3 is 2.40 bits per heavy atom. The molecule has 35 heavy (non-hydrogen) atoms. The minimum atomic E-state index is -1.18. The van der Waals surface area contributed by atoms with Crippen LogP contribution in [-0.2, 0) is 19.1 Å². The van der Waals surface area contributed by atoms with Gasteiger partial charge >= 0.3 is 5.97 Å². The summed E-state index contributed by atoms with van der Waals surface area (Å²) in [6, 6.07) is 0. The highest BCUT2D eigenvalue weighted by molar-refractivity contribution is 7.09. The molecular weight excluding hydrogens is 462 g/mol. The summed E-state index contributed by atoms with van der Waals surface area (Å²) in [4.78, 5) is 43.7. The normalized spacial score (nSPS) is 32.4. The van der Waals surface area contributed by atoms with Crippen molar-refractivity contribution in [1.82, 2.24) is 4.98 Å². The maximum Gasteiger partial charge on any atom is 0.309 e. The zero-order chi connectivity index (χ0) is 26.5. The molecule has 0 radical (unpaired) electrons. The molecule has 0 bridgehead atoms. The molecule has 196 valence electrons. The summed E-state index contributed by atoms with van der Waals surface area (Å²) in [6.45, 7) is 15.2. The van der Waals surface area contributed by atoms with Gasteiger partial charge in [0, 0.05) is 23.6 Å². The number of hydrogen-bond acceptors (Lipinski definition) is 7. The summed E-state index contributed by atoms with van der Waals surface area (Å²) in [7, 11) is 0. The summed E-state index contributed by atoms with van der Waals surface area (Å²) in [5.41, 5.74) is 0.399. The molecule has 1 fully saturated rings. The van der Waals surface area contributed by atoms with Crippen LogP contribution < -0.4 is 0 Å². The first-order chi connectivity index (χ1) is 16.2. The van der Waals surface area contributed by atoms with E-state index in [2.05, 4.69) is 18.8 Å². The number of rotatable bonds is 2. The maximum absolute atomic E-state index is 13.3. The SMILES string of the molecule is C/C(=C\c1csc(C)n1)[C@@H]1CC(=O)C(C)CCC[C@H](C)[C@H](C)[C@@H](C)C(=O)C(C)(C)[C@@H](O)CC(=O)O1. The van der Waals surface area contributed by atoms with Gasteiger partial charge in [-0.15, -0.1) is 11.3 Å². The number of nitrogens with zero attached hydrogens (tertiary/aromatic N) is 1. The van der Waals surface area contributed by atoms with Crippen LogP contribution in [0.1, 0.15) is 91.3 Å². The number of carbonyl (C=O) groups is 3. The third-order valence-electron chi connectivity index (χ3n) is 7.95. The van der Waals surface area contributed by atoms with E-state index in [1.54, 1.807) is 13.8 Å². The summed E-state index contributed by atoms with van der Waals surface area (Å²) >= 11 is 1.53. The van der Waals surface area contributed by atoms with Crippen LogP contribution in [0.15, 0.2) is 11.0 Å². The van der Waals surface area contributed by atoms with Crippen molar-refractivity contribution in [2.45, 2.75) is 99.7 Å². The highest BCUT2D eigenvalue weighted by atomic mass is 32.1. The Morgan fingerprint density at radius 1 is 1.14 bits per heavy atom. The lowest BCUT2D eigenvalue weighted by atomic mass is 9.70. The van der Waals surface area contributed by atoms with Crippen LogP contribution in [0, 0.1) is 36.0 Å². The zero-order valence-corrected chi connectivity index (χ0v) is 23.4. The molecule has 1 saturated heterocycles. The summed E-state index contributed by atoms with van der Waals surface area (Å²) < 4.78 is 5.75. The molecule has 0 aliphatic carbocycles. The second-order valence-corrected chi connectivity index (χ2v) is 12.2. The number of aromatic nitrogens is 1. The largest absolute Gasteiger partial charge is 0.457 e. The molecule has 7 heteroatoms. The Balaban J connectivity index is 2.34. The minimum absolute atomic E-state index is 0.0423. The standard InChI is InChI=1S/C28H43NO5S/c1-16-10-9-11-17(2)23(30)13-24(18(3)12-22-15-35-21(6)29-22)34-26(32)14-25(31)28(7,8)27(33)20(5)19(16)4/h12,15-17,19-20,24-25,31H,9-11,13-14H2,1-8H3/b18-12+/t16-,17?,19-,20+,24-,25-/m0/s1. The molecule has 1 N–H and O–H groups in total. The molecule has 1 aromatic heterocycles. The predicted molar refractivity (Wildman–Crippen MR) is 140 cm³/mol. The van der Waals surface area contributed by atoms with E-state index in [0.717, 1.165) is 35.5 Å². The minimum Gasteiger partial charge on any atom is -0.457 e. The summed E-state index contributed by atoms with van der Waals surface area (Å²) in [5, 5.41) is 13.7. The second kappa shape index (κ2) is 12.4. The van der Waals surface area contributed by atoms with Crippen molar-refractivity contribution in [1.29, 1.82) is 0 Å². The van der Waals surface area contributed by atoms with Crippen molar-refractivity contribution < 1.29 is 24.2 Å². The van der Waals surface area contributed by atoms with Gasteiger partial charge < -0.3 is 9.84 Å². The average Bonchev–Trinajstić information content (AvgIpc) is 3.20. The smallest absolute Gasteiger partial charge is 0.309 e. The topological polar surface area (TPSA) is 93.6 Å². The number of aryl methyl sites for hydroxylation is 1. The Labute approximate surface area is 214 Å². The van der Waals surface area contributed by atoms with E-state index in [1.165, 1.54) is 11.3 Å². The molecule has 6 atom stereocenters. The molecule has 0 spiro atoms. The Bertz CT molecular complexity index is 934. The van der Waals surface area contributed by atoms with E-state index >= 15 is 0 Å². The zero-order valence-electron chi connectivity index (χ0n) is 22.6. The number of thiazole rings is 1. The fraction of sp³-hybridized carbons (Fsp3) is 0.714. The fourth-order valence-corrected chi connectivity index (χ4v) is 5.29. The number of Topliss-reactive ketones (excluding diaryl/α,β-unsaturated/α-hetero) is 2. The van der Waals surface area contributed by atoms with Crippen molar-refractivity contribution in [3.8, 4) is 0 Å². The molecule has 0 saturated carbocycles. The van der Waals surface area contributed by atoms with E-state index in [1.807, 2.05) is 39.2 Å². The van der Waals surface area contributed by atoms with Crippen LogP contribution in [0.4, 0.5) is 0 Å². The van der Waals surface area contributed by atoms with Crippen LogP contribution in [0.2, 0.25) is 0 Å². The highest BCUT2D eigenvalue weighted by Crippen LogP contribution is 2.35. The quantitative estimate of drug-likeness (QED) is 0.511. The van der Waals surface area contributed by atoms with Crippen LogP contribution in [0.3, 0.4) is 0 Å². The van der Waals surface area contributed by atoms with Gasteiger partial charge in [0.15, 0.2) is 0 Å². The number of cyclic esters (lactones) is 1. The molecule has 1 aromatic rings. The lowest BCUT2D eigenvalue weighted by Crippen LogP contribution is -2.44. The van der Waals surface area contributed by atoms with Gasteiger partial charge in [0.05, 0.1) is 28.6 Å². The number of hydrogen-bond donors (Lipinski definition) is 1. The summed E-state index contributed by atoms with van der Waals surface area (Å²) in [6.07, 6.45) is 2.28. The van der Waals surface area contributed by atoms with E-state index in [0.29, 0.717) is 5.92 Å². The number of ether oxygens (including phenoxy) is 1. The van der Waals surface area contributed by atoms with E-state index < -0.39 is 23.6 Å². The molecule has 0 amide bonds. The second-order valence-electron chi connectivity index (χ2n) is 11.1. The van der Waals surface area contributed by atoms with Crippen molar-refractivity contribution >= 4 is 34.9 Å². The van der Waals surface area contributed by atoms with Crippen LogP contribution in [0.5, 0.6) is 0 Å². The van der Waals surface area contributed by atoms with Gasteiger partial charge in [-0.05, 0) is 43.8 Å². The van der Waals surface area contributed by atoms with Crippen molar-refractivity contribution in [2.75, 3.05) is 0 Å². The summed E-state index contributed by atoms with van der Waals surface area (Å²) in [5.74, 6) is -0.566. The third kappa shape index (κ3) is 7.81. The van der Waals surface area contributed by atoms with Crippen molar-refractivity contribution in [3.05, 3.63) is 21.7 Å². The van der Waals surface area contributed by atoms with Crippen molar-refractivity contribution in [2.24, 2.45) is 29.1 Å². The van der Waals surface area contributed by atoms with Gasteiger partial charge in [0.2, 0.25) is 0 Å². The van der Waals surface area contributed by atoms with E-state index in [9.17, 15) is 19.5 Å². The number of ketones is 2. The lowest BCUT2D eigenvalue weighted by Gasteiger charge is -2.35. The van der Waals surface area contributed by atoms with Gasteiger partial charge in [0.1, 0.15) is 17.7 Å². The molecule has 2 rings (SSSR count). The van der Waals surface area contributed by atoms with Crippen LogP contribution in [-0.4, -0.2) is 39.8 Å². The first-order valence-electron chi connectivity index (χ1n) is 12.8. The molecule has 1 aliphatic rings. The van der Waals surface area contributed by atoms with E-state index in [-0.39, 0.29) is 42.2 Å². The van der Waals surface area contributed by atoms with Crippen LogP contribution >= 0.6 is 11.3 Å². The number of aliphatic hydroxyl groups is 1. The lowest BCUT2D eigenvalue weighted by molar-refractivity contribution is -0.154. The van der Waals surface area contributed by atoms with Crippen LogP contribution in [0.25, 0.3) is 6.08 Å².